The van der Waals surface area contributed by atoms with Crippen LogP contribution >= 0.6 is 11.8 Å². The van der Waals surface area contributed by atoms with Gasteiger partial charge in [0.1, 0.15) is 5.69 Å². The average molecular weight is 534 g/mol. The predicted molar refractivity (Wildman–Crippen MR) is 153 cm³/mol. The summed E-state index contributed by atoms with van der Waals surface area (Å²) in [6.45, 7) is 1.50. The third-order valence-corrected chi connectivity index (χ3v) is 8.04. The number of fused-ring (bicyclic) bond motifs is 2. The minimum atomic E-state index is -0.128. The number of hydrogen-bond donors (Lipinski definition) is 3. The van der Waals surface area contributed by atoms with Crippen molar-refractivity contribution in [2.45, 2.75) is 24.8 Å². The molecule has 7 rings (SSSR count). The Labute approximate surface area is 228 Å². The summed E-state index contributed by atoms with van der Waals surface area (Å²) in [6, 6.07) is 20.5. The summed E-state index contributed by atoms with van der Waals surface area (Å²) in [5.41, 5.74) is 8.42. The Hall–Kier alpha value is -4.34. The molecule has 0 amide bonds. The molecule has 9 heteroatoms. The standard InChI is InChI=1S/C30H24FN7S/c31-26-10-9-25(39-26)22-7-4-8-24-27(22)36-30(35-24)28-23-12-21(17-34-29(23)38-37-28)20-11-19(15-33-16-20)14-32-13-18-5-2-1-3-6-18/h1-8,10-12,15-17,25,32H,9,13-14H2,(H,35,36)(H,34,37,38). The van der Waals surface area contributed by atoms with Gasteiger partial charge in [-0.05, 0) is 47.4 Å². The van der Waals surface area contributed by atoms with Crippen LogP contribution in [-0.2, 0) is 13.1 Å². The Morgan fingerprint density at radius 3 is 2.69 bits per heavy atom. The highest BCUT2D eigenvalue weighted by Crippen LogP contribution is 2.46. The second-order valence-corrected chi connectivity index (χ2v) is 10.7. The number of allylic oxidation sites excluding steroid dienone is 1. The van der Waals surface area contributed by atoms with Crippen molar-refractivity contribution < 1.29 is 4.39 Å². The van der Waals surface area contributed by atoms with Crippen LogP contribution in [0, 0.1) is 0 Å². The summed E-state index contributed by atoms with van der Waals surface area (Å²) in [6.07, 6.45) is 7.85. The number of halogens is 1. The van der Waals surface area contributed by atoms with Crippen molar-refractivity contribution >= 4 is 33.8 Å². The lowest BCUT2D eigenvalue weighted by atomic mass is 10.1. The Morgan fingerprint density at radius 1 is 0.949 bits per heavy atom. The molecule has 0 saturated carbocycles. The molecule has 7 nitrogen and oxygen atoms in total. The molecular weight excluding hydrogens is 509 g/mol. The van der Waals surface area contributed by atoms with Crippen LogP contribution < -0.4 is 5.32 Å². The summed E-state index contributed by atoms with van der Waals surface area (Å²) < 4.78 is 13.8. The van der Waals surface area contributed by atoms with E-state index in [4.69, 9.17) is 4.98 Å². The molecule has 1 aliphatic heterocycles. The number of aromatic amines is 2. The molecule has 1 aliphatic rings. The van der Waals surface area contributed by atoms with Crippen LogP contribution in [-0.4, -0.2) is 30.1 Å². The number of rotatable bonds is 7. The van der Waals surface area contributed by atoms with E-state index in [1.807, 2.05) is 55.0 Å². The lowest BCUT2D eigenvalue weighted by Gasteiger charge is -2.08. The van der Waals surface area contributed by atoms with Gasteiger partial charge in [-0.3, -0.25) is 10.1 Å². The Bertz CT molecular complexity index is 1830. The van der Waals surface area contributed by atoms with Gasteiger partial charge in [-0.1, -0.05) is 54.2 Å². The van der Waals surface area contributed by atoms with Gasteiger partial charge in [-0.2, -0.15) is 9.49 Å². The maximum Gasteiger partial charge on any atom is 0.181 e. The minimum absolute atomic E-state index is 0.0265. The third kappa shape index (κ3) is 4.71. The molecule has 0 bridgehead atoms. The Kier molecular flexibility index (Phi) is 6.14. The summed E-state index contributed by atoms with van der Waals surface area (Å²) in [5.74, 6) is 0.673. The van der Waals surface area contributed by atoms with Gasteiger partial charge in [0.15, 0.2) is 16.6 Å². The second-order valence-electron chi connectivity index (χ2n) is 9.54. The molecule has 192 valence electrons. The number of hydrogen-bond acceptors (Lipinski definition) is 6. The highest BCUT2D eigenvalue weighted by molar-refractivity contribution is 8.03. The van der Waals surface area contributed by atoms with Crippen molar-refractivity contribution in [2.24, 2.45) is 0 Å². The normalized spacial score (nSPS) is 15.3. The molecule has 0 spiro atoms. The van der Waals surface area contributed by atoms with Crippen LogP contribution in [0.5, 0.6) is 0 Å². The number of nitrogens with zero attached hydrogens (tertiary/aromatic N) is 4. The van der Waals surface area contributed by atoms with Crippen LogP contribution in [0.15, 0.2) is 90.5 Å². The van der Waals surface area contributed by atoms with E-state index >= 15 is 0 Å². The van der Waals surface area contributed by atoms with Gasteiger partial charge in [0.25, 0.3) is 0 Å². The lowest BCUT2D eigenvalue weighted by molar-refractivity contribution is 0.691. The Balaban J connectivity index is 1.18. The van der Waals surface area contributed by atoms with Crippen molar-refractivity contribution in [3.63, 3.8) is 0 Å². The molecule has 0 saturated heterocycles. The van der Waals surface area contributed by atoms with Crippen molar-refractivity contribution in [3.05, 3.63) is 107 Å². The van der Waals surface area contributed by atoms with Gasteiger partial charge in [-0.25, -0.2) is 9.97 Å². The summed E-state index contributed by atoms with van der Waals surface area (Å²) in [7, 11) is 0. The van der Waals surface area contributed by atoms with E-state index in [1.54, 1.807) is 6.08 Å². The molecule has 4 aromatic heterocycles. The fourth-order valence-corrected chi connectivity index (χ4v) is 5.96. The van der Waals surface area contributed by atoms with Gasteiger partial charge in [-0.15, -0.1) is 0 Å². The smallest absolute Gasteiger partial charge is 0.181 e. The van der Waals surface area contributed by atoms with Crippen LogP contribution in [0.25, 0.3) is 44.7 Å². The molecule has 0 fully saturated rings. The van der Waals surface area contributed by atoms with E-state index in [-0.39, 0.29) is 10.4 Å². The van der Waals surface area contributed by atoms with Crippen molar-refractivity contribution in [2.75, 3.05) is 0 Å². The van der Waals surface area contributed by atoms with E-state index in [0.717, 1.165) is 50.9 Å². The van der Waals surface area contributed by atoms with E-state index in [1.165, 1.54) is 17.3 Å². The number of benzene rings is 2. The number of nitrogens with one attached hydrogen (secondary N) is 3. The predicted octanol–water partition coefficient (Wildman–Crippen LogP) is 6.84. The quantitative estimate of drug-likeness (QED) is 0.208. The maximum atomic E-state index is 13.8. The number of para-hydroxylation sites is 1. The summed E-state index contributed by atoms with van der Waals surface area (Å²) in [4.78, 5) is 17.4. The molecule has 5 heterocycles. The highest BCUT2D eigenvalue weighted by Gasteiger charge is 2.24. The molecule has 3 N–H and O–H groups in total. The summed E-state index contributed by atoms with van der Waals surface area (Å²) >= 11 is 1.25. The van der Waals surface area contributed by atoms with Gasteiger partial charge in [0, 0.05) is 48.1 Å². The zero-order valence-corrected chi connectivity index (χ0v) is 21.7. The molecule has 1 unspecified atom stereocenters. The second kappa shape index (κ2) is 10.1. The van der Waals surface area contributed by atoms with Crippen LogP contribution in [0.1, 0.15) is 28.4 Å². The largest absolute Gasteiger partial charge is 0.337 e. The molecule has 0 aliphatic carbocycles. The number of H-pyrrole nitrogens is 2. The summed E-state index contributed by atoms with van der Waals surface area (Å²) in [5, 5.41) is 11.8. The Morgan fingerprint density at radius 2 is 1.82 bits per heavy atom. The fourth-order valence-electron chi connectivity index (χ4n) is 4.98. The molecular formula is C30H24FN7S. The van der Waals surface area contributed by atoms with Crippen LogP contribution in [0.2, 0.25) is 0 Å². The first kappa shape index (κ1) is 23.8. The zero-order chi connectivity index (χ0) is 26.2. The fraction of sp³-hybridized carbons (Fsp3) is 0.133. The molecule has 2 aromatic carbocycles. The zero-order valence-electron chi connectivity index (χ0n) is 20.9. The van der Waals surface area contributed by atoms with Gasteiger partial charge in [0.05, 0.1) is 16.4 Å². The van der Waals surface area contributed by atoms with Crippen molar-refractivity contribution in [3.8, 4) is 22.6 Å². The van der Waals surface area contributed by atoms with E-state index in [2.05, 4.69) is 54.7 Å². The maximum absolute atomic E-state index is 13.8. The minimum Gasteiger partial charge on any atom is -0.337 e. The van der Waals surface area contributed by atoms with Crippen molar-refractivity contribution in [1.29, 1.82) is 0 Å². The first-order valence-corrected chi connectivity index (χ1v) is 13.6. The van der Waals surface area contributed by atoms with E-state index < -0.39 is 0 Å². The highest BCUT2D eigenvalue weighted by atomic mass is 32.2. The first-order valence-electron chi connectivity index (χ1n) is 12.8. The average Bonchev–Trinajstić information content (AvgIpc) is 3.71. The molecule has 6 aromatic rings. The first-order chi connectivity index (χ1) is 19.2. The van der Waals surface area contributed by atoms with Gasteiger partial charge < -0.3 is 10.3 Å². The van der Waals surface area contributed by atoms with Crippen LogP contribution in [0.4, 0.5) is 4.39 Å². The van der Waals surface area contributed by atoms with Crippen LogP contribution in [0.3, 0.4) is 0 Å². The van der Waals surface area contributed by atoms with E-state index in [9.17, 15) is 4.39 Å². The van der Waals surface area contributed by atoms with Gasteiger partial charge >= 0.3 is 0 Å². The topological polar surface area (TPSA) is 95.2 Å². The molecule has 39 heavy (non-hydrogen) atoms. The number of aromatic nitrogens is 6. The monoisotopic (exact) mass is 533 g/mol. The molecule has 1 atom stereocenters. The van der Waals surface area contributed by atoms with Crippen molar-refractivity contribution in [1.82, 2.24) is 35.5 Å². The number of thioether (sulfide) groups is 1. The van der Waals surface area contributed by atoms with Gasteiger partial charge in [0.2, 0.25) is 0 Å². The lowest BCUT2D eigenvalue weighted by Crippen LogP contribution is -2.12. The molecule has 0 radical (unpaired) electrons. The number of pyridine rings is 2. The SMILES string of the molecule is FC1=CCC(c2cccc3[nH]c(-c4[nH]nc5ncc(-c6cncc(CNCc7ccccc7)c6)cc45)nc23)S1. The number of imidazole rings is 1. The third-order valence-electron chi connectivity index (χ3n) is 6.91. The van der Waals surface area contributed by atoms with E-state index in [0.29, 0.717) is 24.4 Å².